The Bertz CT molecular complexity index is 2860. The van der Waals surface area contributed by atoms with E-state index in [0.29, 0.717) is 0 Å². The lowest BCUT2D eigenvalue weighted by Gasteiger charge is -2.21. The van der Waals surface area contributed by atoms with Crippen molar-refractivity contribution in [3.05, 3.63) is 225 Å². The number of hydrogen-bond acceptors (Lipinski definition) is 0. The summed E-state index contributed by atoms with van der Waals surface area (Å²) in [6.45, 7) is 6.15. The van der Waals surface area contributed by atoms with E-state index in [1.165, 1.54) is 93.5 Å². The molecule has 0 aliphatic heterocycles. The Hall–Kier alpha value is -7.02. The molecule has 0 aliphatic carbocycles. The lowest BCUT2D eigenvalue weighted by Crippen LogP contribution is -1.95. The third kappa shape index (κ3) is 6.28. The van der Waals surface area contributed by atoms with Crippen molar-refractivity contribution >= 4 is 37.9 Å². The van der Waals surface area contributed by atoms with Crippen LogP contribution >= 0.6 is 0 Å². The van der Waals surface area contributed by atoms with E-state index < -0.39 is 0 Å². The van der Waals surface area contributed by atoms with Crippen molar-refractivity contribution < 1.29 is 0 Å². The van der Waals surface area contributed by atoms with Crippen LogP contribution in [0.3, 0.4) is 0 Å². The summed E-state index contributed by atoms with van der Waals surface area (Å²) < 4.78 is 0. The maximum atomic E-state index is 4.08. The number of benzene rings is 9. The van der Waals surface area contributed by atoms with E-state index in [0.717, 1.165) is 5.57 Å². The molecule has 0 saturated heterocycles. The molecule has 9 aromatic carbocycles. The fourth-order valence-corrected chi connectivity index (χ4v) is 8.24. The Morgan fingerprint density at radius 1 is 0.400 bits per heavy atom. The van der Waals surface area contributed by atoms with E-state index in [4.69, 9.17) is 0 Å². The molecule has 0 aromatic heterocycles. The van der Waals surface area contributed by atoms with Crippen LogP contribution in [0.1, 0.15) is 12.5 Å². The van der Waals surface area contributed by atoms with Crippen LogP contribution in [0.15, 0.2) is 219 Å². The molecule has 0 fully saturated rings. The molecule has 0 heteroatoms. The van der Waals surface area contributed by atoms with Gasteiger partial charge in [-0.3, -0.25) is 0 Å². The fourth-order valence-electron chi connectivity index (χ4n) is 8.24. The molecular formula is C55H40. The molecule has 0 heterocycles. The highest BCUT2D eigenvalue weighted by Gasteiger charge is 2.20. The van der Waals surface area contributed by atoms with Gasteiger partial charge in [0.25, 0.3) is 0 Å². The fraction of sp³-hybridized carbons (Fsp3) is 0.0182. The van der Waals surface area contributed by atoms with Gasteiger partial charge in [0.15, 0.2) is 0 Å². The van der Waals surface area contributed by atoms with E-state index in [-0.39, 0.29) is 0 Å². The number of rotatable bonds is 8. The van der Waals surface area contributed by atoms with Crippen LogP contribution in [-0.2, 0) is 0 Å². The van der Waals surface area contributed by atoms with Gasteiger partial charge in [0, 0.05) is 0 Å². The Morgan fingerprint density at radius 2 is 0.891 bits per heavy atom. The lowest BCUT2D eigenvalue weighted by atomic mass is 9.82. The number of fused-ring (bicyclic) bond motifs is 3. The van der Waals surface area contributed by atoms with Crippen molar-refractivity contribution in [2.45, 2.75) is 6.92 Å². The molecule has 0 N–H and O–H groups in total. The molecule has 0 aliphatic rings. The zero-order valence-electron chi connectivity index (χ0n) is 30.9. The first-order valence-electron chi connectivity index (χ1n) is 19.0. The second kappa shape index (κ2) is 14.8. The van der Waals surface area contributed by atoms with Crippen molar-refractivity contribution in [3.8, 4) is 55.6 Å². The van der Waals surface area contributed by atoms with Gasteiger partial charge >= 0.3 is 0 Å². The average molecular weight is 701 g/mol. The van der Waals surface area contributed by atoms with E-state index in [9.17, 15) is 0 Å². The van der Waals surface area contributed by atoms with E-state index in [2.05, 4.69) is 220 Å². The highest BCUT2D eigenvalue weighted by Crippen LogP contribution is 2.47. The van der Waals surface area contributed by atoms with Crippen molar-refractivity contribution in [1.82, 2.24) is 0 Å². The smallest absolute Gasteiger partial charge is 0.00199 e. The molecule has 0 amide bonds. The van der Waals surface area contributed by atoms with Crippen molar-refractivity contribution in [2.75, 3.05) is 0 Å². The van der Waals surface area contributed by atoms with Gasteiger partial charge in [-0.1, -0.05) is 207 Å². The molecule has 55 heavy (non-hydrogen) atoms. The van der Waals surface area contributed by atoms with Crippen molar-refractivity contribution in [1.29, 1.82) is 0 Å². The summed E-state index contributed by atoms with van der Waals surface area (Å²) in [6.07, 6.45) is 8.32. The van der Waals surface area contributed by atoms with E-state index in [1.807, 2.05) is 6.08 Å². The lowest BCUT2D eigenvalue weighted by molar-refractivity contribution is 1.56. The molecule has 260 valence electrons. The first kappa shape index (κ1) is 33.8. The Labute approximate surface area is 323 Å². The minimum atomic E-state index is 1.14. The third-order valence-corrected chi connectivity index (χ3v) is 10.8. The highest BCUT2D eigenvalue weighted by atomic mass is 14.2. The van der Waals surface area contributed by atoms with Crippen LogP contribution in [0.5, 0.6) is 0 Å². The van der Waals surface area contributed by atoms with Gasteiger partial charge in [-0.2, -0.15) is 0 Å². The van der Waals surface area contributed by atoms with Crippen LogP contribution in [0.2, 0.25) is 0 Å². The van der Waals surface area contributed by atoms with Crippen LogP contribution in [0, 0.1) is 0 Å². The SMILES string of the molecule is C=C/C=C(\C=C/C)c1c2ccccc2c(-c2cc(-c3ccccc3-c3ccc4ccccc4c3)ccc2-c2ccc(-c3ccccc3)cc2)c2ccccc12. The minimum Gasteiger partial charge on any atom is -0.0990 e. The number of allylic oxidation sites excluding steroid dienone is 5. The maximum Gasteiger partial charge on any atom is -0.00199 e. The molecule has 0 spiro atoms. The van der Waals surface area contributed by atoms with Crippen molar-refractivity contribution in [3.63, 3.8) is 0 Å². The summed E-state index contributed by atoms with van der Waals surface area (Å²) in [4.78, 5) is 0. The first-order valence-corrected chi connectivity index (χ1v) is 19.0. The topological polar surface area (TPSA) is 0 Å². The monoisotopic (exact) mass is 700 g/mol. The van der Waals surface area contributed by atoms with Gasteiger partial charge in [-0.05, 0) is 118 Å². The summed E-state index contributed by atoms with van der Waals surface area (Å²) >= 11 is 0. The van der Waals surface area contributed by atoms with Gasteiger partial charge in [-0.15, -0.1) is 0 Å². The summed E-state index contributed by atoms with van der Waals surface area (Å²) in [7, 11) is 0. The van der Waals surface area contributed by atoms with Gasteiger partial charge < -0.3 is 0 Å². The summed E-state index contributed by atoms with van der Waals surface area (Å²) in [5, 5.41) is 7.36. The summed E-state index contributed by atoms with van der Waals surface area (Å²) in [5.74, 6) is 0. The Morgan fingerprint density at radius 3 is 1.55 bits per heavy atom. The predicted octanol–water partition coefficient (Wildman–Crippen LogP) is 15.6. The maximum absolute atomic E-state index is 4.08. The van der Waals surface area contributed by atoms with Gasteiger partial charge in [0.1, 0.15) is 0 Å². The van der Waals surface area contributed by atoms with Crippen LogP contribution in [0.4, 0.5) is 0 Å². The Kier molecular flexibility index (Phi) is 9.08. The van der Waals surface area contributed by atoms with Crippen LogP contribution in [-0.4, -0.2) is 0 Å². The molecule has 0 atom stereocenters. The molecule has 0 bridgehead atoms. The second-order valence-electron chi connectivity index (χ2n) is 14.0. The van der Waals surface area contributed by atoms with Gasteiger partial charge in [0.05, 0.1) is 0 Å². The van der Waals surface area contributed by atoms with Crippen LogP contribution < -0.4 is 0 Å². The number of hydrogen-bond donors (Lipinski definition) is 0. The molecule has 0 saturated carbocycles. The van der Waals surface area contributed by atoms with E-state index in [1.54, 1.807) is 0 Å². The third-order valence-electron chi connectivity index (χ3n) is 10.8. The first-order chi connectivity index (χ1) is 27.2. The highest BCUT2D eigenvalue weighted by molar-refractivity contribution is 6.21. The zero-order valence-corrected chi connectivity index (χ0v) is 30.9. The largest absolute Gasteiger partial charge is 0.0990 e. The molecule has 0 unspecified atom stereocenters. The standard InChI is InChI=1S/C55H40/c1-3-16-42(17-4-2)54-49-24-12-14-26-51(49)55(52-27-15-13-25-50(52)54)53-37-45(34-35-48(53)41-31-28-40(29-32-41)38-18-6-5-7-19-38)47-23-11-10-22-46(47)44-33-30-39-20-8-9-21-43(39)36-44/h3-37H,1H2,2H3/b17-4-,42-16+. The molecule has 9 aromatic rings. The summed E-state index contributed by atoms with van der Waals surface area (Å²) in [5.41, 5.74) is 14.4. The summed E-state index contributed by atoms with van der Waals surface area (Å²) in [6, 6.07) is 68.7. The second-order valence-corrected chi connectivity index (χ2v) is 14.0. The molecule has 0 radical (unpaired) electrons. The quantitative estimate of drug-likeness (QED) is 0.109. The van der Waals surface area contributed by atoms with Gasteiger partial charge in [0.2, 0.25) is 0 Å². The van der Waals surface area contributed by atoms with E-state index >= 15 is 0 Å². The van der Waals surface area contributed by atoms with Crippen LogP contribution in [0.25, 0.3) is 93.5 Å². The Balaban J connectivity index is 1.33. The molecule has 0 nitrogen and oxygen atoms in total. The minimum absolute atomic E-state index is 1.14. The predicted molar refractivity (Wildman–Crippen MR) is 239 cm³/mol. The average Bonchev–Trinajstić information content (AvgIpc) is 3.25. The van der Waals surface area contributed by atoms with Crippen molar-refractivity contribution in [2.24, 2.45) is 0 Å². The molecule has 9 rings (SSSR count). The van der Waals surface area contributed by atoms with Gasteiger partial charge in [-0.25, -0.2) is 0 Å². The molecular weight excluding hydrogens is 661 g/mol. The normalized spacial score (nSPS) is 11.8. The zero-order chi connectivity index (χ0) is 37.1.